The minimum absolute atomic E-state index is 0.108. The maximum absolute atomic E-state index is 11.6. The van der Waals surface area contributed by atoms with Crippen LogP contribution in [0.5, 0.6) is 0 Å². The Morgan fingerprint density at radius 2 is 2.11 bits per heavy atom. The molecule has 0 spiro atoms. The minimum atomic E-state index is -2.97. The van der Waals surface area contributed by atoms with Gasteiger partial charge in [0.15, 0.2) is 20.9 Å². The van der Waals surface area contributed by atoms with Crippen LogP contribution in [0.15, 0.2) is 16.8 Å². The molecule has 1 unspecified atom stereocenters. The van der Waals surface area contributed by atoms with E-state index in [1.165, 1.54) is 0 Å². The Labute approximate surface area is 110 Å². The van der Waals surface area contributed by atoms with E-state index in [1.54, 1.807) is 12.1 Å². The molecule has 1 fully saturated rings. The highest BCUT2D eigenvalue weighted by molar-refractivity contribution is 7.91. The first-order valence-corrected chi connectivity index (χ1v) is 7.70. The second-order valence-electron chi connectivity index (χ2n) is 5.19. The molecule has 0 aliphatic carbocycles. The second kappa shape index (κ2) is 3.83. The van der Waals surface area contributed by atoms with Crippen molar-refractivity contribution < 1.29 is 13.0 Å². The third kappa shape index (κ3) is 2.12. The van der Waals surface area contributed by atoms with Gasteiger partial charge in [-0.05, 0) is 35.8 Å². The Bertz CT molecular complexity index is 739. The van der Waals surface area contributed by atoms with Crippen molar-refractivity contribution in [2.45, 2.75) is 18.9 Å². The number of benzene rings is 1. The number of aromatic nitrogens is 2. The summed E-state index contributed by atoms with van der Waals surface area (Å²) >= 11 is 0. The van der Waals surface area contributed by atoms with Gasteiger partial charge < -0.3 is 11.1 Å². The highest BCUT2D eigenvalue weighted by atomic mass is 32.2. The van der Waals surface area contributed by atoms with Gasteiger partial charge in [0.25, 0.3) is 0 Å². The van der Waals surface area contributed by atoms with Crippen LogP contribution in [0.2, 0.25) is 0 Å². The summed E-state index contributed by atoms with van der Waals surface area (Å²) in [5.74, 6) is 0.308. The van der Waals surface area contributed by atoms with Crippen LogP contribution in [0.1, 0.15) is 13.3 Å². The van der Waals surface area contributed by atoms with Crippen LogP contribution in [-0.2, 0) is 9.84 Å². The number of nitrogens with one attached hydrogen (secondary N) is 1. The number of nitrogens with two attached hydrogens (primary N) is 1. The Morgan fingerprint density at radius 3 is 2.79 bits per heavy atom. The standard InChI is InChI=1S/C11H14N4O3S/c1-11(4-5-19(16,17)6-11)13-8-3-2-7(12)9-10(8)15-18-14-9/h2-3,13H,4-6,12H2,1H3. The maximum Gasteiger partial charge on any atom is 0.160 e. The highest BCUT2D eigenvalue weighted by Crippen LogP contribution is 2.31. The van der Waals surface area contributed by atoms with Gasteiger partial charge in [-0.25, -0.2) is 13.0 Å². The Hall–Kier alpha value is -1.83. The molecular weight excluding hydrogens is 268 g/mol. The molecule has 3 rings (SSSR count). The largest absolute Gasteiger partial charge is 0.397 e. The van der Waals surface area contributed by atoms with Gasteiger partial charge in [-0.15, -0.1) is 0 Å². The van der Waals surface area contributed by atoms with E-state index in [4.69, 9.17) is 5.73 Å². The Kier molecular flexibility index (Phi) is 2.46. The molecule has 0 amide bonds. The van der Waals surface area contributed by atoms with Crippen LogP contribution >= 0.6 is 0 Å². The molecule has 0 saturated carbocycles. The molecular formula is C11H14N4O3S. The molecule has 8 heteroatoms. The summed E-state index contributed by atoms with van der Waals surface area (Å²) in [6.07, 6.45) is 0.562. The van der Waals surface area contributed by atoms with Crippen molar-refractivity contribution in [3.63, 3.8) is 0 Å². The maximum atomic E-state index is 11.6. The summed E-state index contributed by atoms with van der Waals surface area (Å²) in [7, 11) is -2.97. The third-order valence-corrected chi connectivity index (χ3v) is 5.29. The van der Waals surface area contributed by atoms with Gasteiger partial charge in [-0.3, -0.25) is 0 Å². The van der Waals surface area contributed by atoms with E-state index in [1.807, 2.05) is 6.92 Å². The van der Waals surface area contributed by atoms with Crippen molar-refractivity contribution in [3.05, 3.63) is 12.1 Å². The average Bonchev–Trinajstić information content (AvgIpc) is 2.89. The normalized spacial score (nSPS) is 25.7. The van der Waals surface area contributed by atoms with Crippen LogP contribution in [0.3, 0.4) is 0 Å². The Balaban J connectivity index is 1.99. The summed E-state index contributed by atoms with van der Waals surface area (Å²) in [5, 5.41) is 10.8. The van der Waals surface area contributed by atoms with Crippen molar-refractivity contribution in [2.75, 3.05) is 22.6 Å². The van der Waals surface area contributed by atoms with Crippen molar-refractivity contribution in [3.8, 4) is 0 Å². The van der Waals surface area contributed by atoms with Crippen LogP contribution in [0.25, 0.3) is 11.0 Å². The zero-order valence-corrected chi connectivity index (χ0v) is 11.2. The number of rotatable bonds is 2. The lowest BCUT2D eigenvalue weighted by Crippen LogP contribution is -2.35. The molecule has 1 aromatic heterocycles. The van der Waals surface area contributed by atoms with Crippen LogP contribution in [0, 0.1) is 0 Å². The van der Waals surface area contributed by atoms with E-state index in [0.717, 1.165) is 0 Å². The zero-order valence-electron chi connectivity index (χ0n) is 10.4. The van der Waals surface area contributed by atoms with Gasteiger partial charge in [-0.2, -0.15) is 0 Å². The quantitative estimate of drug-likeness (QED) is 0.783. The van der Waals surface area contributed by atoms with Crippen molar-refractivity contribution in [1.29, 1.82) is 0 Å². The molecule has 0 bridgehead atoms. The topological polar surface area (TPSA) is 111 Å². The first-order valence-electron chi connectivity index (χ1n) is 5.88. The zero-order chi connectivity index (χ0) is 13.7. The van der Waals surface area contributed by atoms with Crippen LogP contribution in [0.4, 0.5) is 11.4 Å². The highest BCUT2D eigenvalue weighted by Gasteiger charge is 2.38. The molecule has 1 aliphatic rings. The van der Waals surface area contributed by atoms with Gasteiger partial charge in [0.05, 0.1) is 22.9 Å². The van der Waals surface area contributed by atoms with E-state index in [0.29, 0.717) is 28.8 Å². The number of sulfone groups is 1. The molecule has 1 saturated heterocycles. The van der Waals surface area contributed by atoms with Crippen LogP contribution < -0.4 is 11.1 Å². The molecule has 1 aliphatic heterocycles. The average molecular weight is 282 g/mol. The molecule has 19 heavy (non-hydrogen) atoms. The van der Waals surface area contributed by atoms with Crippen molar-refractivity contribution >= 4 is 32.2 Å². The van der Waals surface area contributed by atoms with E-state index in [2.05, 4.69) is 20.3 Å². The van der Waals surface area contributed by atoms with Gasteiger partial charge in [0.2, 0.25) is 0 Å². The fraction of sp³-hybridized carbons (Fsp3) is 0.455. The third-order valence-electron chi connectivity index (χ3n) is 3.39. The summed E-state index contributed by atoms with van der Waals surface area (Å²) in [5.41, 5.74) is 7.43. The molecule has 0 radical (unpaired) electrons. The molecule has 102 valence electrons. The first kappa shape index (κ1) is 12.2. The smallest absolute Gasteiger partial charge is 0.160 e. The fourth-order valence-electron chi connectivity index (χ4n) is 2.42. The molecule has 2 heterocycles. The summed E-state index contributed by atoms with van der Waals surface area (Å²) in [6, 6.07) is 3.46. The number of fused-ring (bicyclic) bond motifs is 1. The SMILES string of the molecule is CC1(Nc2ccc(N)c3nonc23)CCS(=O)(=O)C1. The molecule has 1 atom stereocenters. The fourth-order valence-corrected chi connectivity index (χ4v) is 4.51. The summed E-state index contributed by atoms with van der Waals surface area (Å²) in [4.78, 5) is 0. The van der Waals surface area contributed by atoms with Gasteiger partial charge >= 0.3 is 0 Å². The summed E-state index contributed by atoms with van der Waals surface area (Å²) in [6.45, 7) is 1.88. The predicted molar refractivity (Wildman–Crippen MR) is 71.5 cm³/mol. The van der Waals surface area contributed by atoms with Crippen LogP contribution in [-0.4, -0.2) is 35.8 Å². The number of anilines is 2. The molecule has 7 nitrogen and oxygen atoms in total. The number of nitrogen functional groups attached to an aromatic ring is 1. The number of nitrogens with zero attached hydrogens (tertiary/aromatic N) is 2. The van der Waals surface area contributed by atoms with Gasteiger partial charge in [0.1, 0.15) is 0 Å². The van der Waals surface area contributed by atoms with Gasteiger partial charge in [0, 0.05) is 5.54 Å². The van der Waals surface area contributed by atoms with E-state index in [9.17, 15) is 8.42 Å². The predicted octanol–water partition coefficient (Wildman–Crippen LogP) is 0.794. The van der Waals surface area contributed by atoms with Crippen molar-refractivity contribution in [2.24, 2.45) is 0 Å². The second-order valence-corrected chi connectivity index (χ2v) is 7.38. The monoisotopic (exact) mass is 282 g/mol. The van der Waals surface area contributed by atoms with Crippen molar-refractivity contribution in [1.82, 2.24) is 10.3 Å². The molecule has 2 aromatic rings. The minimum Gasteiger partial charge on any atom is -0.397 e. The van der Waals surface area contributed by atoms with Gasteiger partial charge in [-0.1, -0.05) is 0 Å². The lowest BCUT2D eigenvalue weighted by Gasteiger charge is -2.25. The number of hydrogen-bond acceptors (Lipinski definition) is 7. The molecule has 1 aromatic carbocycles. The lowest BCUT2D eigenvalue weighted by atomic mass is 10.0. The first-order chi connectivity index (χ1) is 8.89. The molecule has 3 N–H and O–H groups in total. The van der Waals surface area contributed by atoms with E-state index in [-0.39, 0.29) is 11.5 Å². The van der Waals surface area contributed by atoms with E-state index < -0.39 is 15.4 Å². The van der Waals surface area contributed by atoms with E-state index >= 15 is 0 Å². The summed E-state index contributed by atoms with van der Waals surface area (Å²) < 4.78 is 27.9. The Morgan fingerprint density at radius 1 is 1.37 bits per heavy atom. The lowest BCUT2D eigenvalue weighted by molar-refractivity contribution is 0.315. The number of hydrogen-bond donors (Lipinski definition) is 2.